The first-order chi connectivity index (χ1) is 8.81. The first-order valence-electron chi connectivity index (χ1n) is 6.77. The summed E-state index contributed by atoms with van der Waals surface area (Å²) >= 11 is 0. The molecular formula is C16H25NO2. The van der Waals surface area contributed by atoms with Crippen LogP contribution >= 0.6 is 0 Å². The van der Waals surface area contributed by atoms with Gasteiger partial charge < -0.3 is 4.74 Å². The number of esters is 1. The molecule has 0 saturated heterocycles. The van der Waals surface area contributed by atoms with E-state index < -0.39 is 5.54 Å². The topological polar surface area (TPSA) is 38.3 Å². The molecule has 0 aromatic heterocycles. The second kappa shape index (κ2) is 6.20. The highest BCUT2D eigenvalue weighted by molar-refractivity contribution is 5.82. The van der Waals surface area contributed by atoms with E-state index in [0.717, 1.165) is 5.56 Å². The van der Waals surface area contributed by atoms with E-state index in [1.54, 1.807) is 0 Å². The summed E-state index contributed by atoms with van der Waals surface area (Å²) in [5, 5.41) is 3.30. The van der Waals surface area contributed by atoms with Crippen LogP contribution in [-0.4, -0.2) is 19.1 Å². The molecule has 0 aliphatic heterocycles. The van der Waals surface area contributed by atoms with Crippen LogP contribution in [0.2, 0.25) is 0 Å². The van der Waals surface area contributed by atoms with Crippen LogP contribution in [0.5, 0.6) is 0 Å². The van der Waals surface area contributed by atoms with Crippen molar-refractivity contribution in [1.29, 1.82) is 0 Å². The fourth-order valence-electron chi connectivity index (χ4n) is 2.24. The summed E-state index contributed by atoms with van der Waals surface area (Å²) in [5.74, 6) is 0.218. The molecule has 0 aliphatic rings. The van der Waals surface area contributed by atoms with Crippen LogP contribution < -0.4 is 5.32 Å². The lowest BCUT2D eigenvalue weighted by molar-refractivity contribution is -0.148. The molecule has 0 bridgehead atoms. The van der Waals surface area contributed by atoms with E-state index in [4.69, 9.17) is 4.74 Å². The normalized spacial score (nSPS) is 14.5. The number of hydrogen-bond donors (Lipinski definition) is 1. The Hall–Kier alpha value is -1.35. The SMILES string of the molecule is COC(=O)C(C)(NC(C)C)c1ccc(C(C)C)cc1. The standard InChI is InChI=1S/C16H25NO2/c1-11(2)13-7-9-14(10-8-13)16(5,15(18)19-6)17-12(3)4/h7-12,17H,1-6H3. The average Bonchev–Trinajstić information content (AvgIpc) is 2.36. The molecule has 0 amide bonds. The number of carbonyl (C=O) groups is 1. The van der Waals surface area contributed by atoms with Crippen molar-refractivity contribution >= 4 is 5.97 Å². The second-order valence-corrected chi connectivity index (χ2v) is 5.69. The third-order valence-electron chi connectivity index (χ3n) is 3.33. The predicted molar refractivity (Wildman–Crippen MR) is 78.2 cm³/mol. The molecule has 1 atom stereocenters. The van der Waals surface area contributed by atoms with Gasteiger partial charge in [-0.15, -0.1) is 0 Å². The molecule has 0 spiro atoms. The Balaban J connectivity index is 3.14. The van der Waals surface area contributed by atoms with Crippen molar-refractivity contribution in [2.45, 2.75) is 52.1 Å². The zero-order valence-electron chi connectivity index (χ0n) is 12.8. The molecule has 3 nitrogen and oxygen atoms in total. The smallest absolute Gasteiger partial charge is 0.330 e. The summed E-state index contributed by atoms with van der Waals surface area (Å²) < 4.78 is 4.95. The Labute approximate surface area is 116 Å². The van der Waals surface area contributed by atoms with Crippen LogP contribution in [0, 0.1) is 0 Å². The molecule has 1 N–H and O–H groups in total. The van der Waals surface area contributed by atoms with E-state index in [1.807, 2.05) is 32.9 Å². The number of benzene rings is 1. The summed E-state index contributed by atoms with van der Waals surface area (Å²) in [5.41, 5.74) is 1.39. The maximum atomic E-state index is 12.1. The molecule has 3 heteroatoms. The van der Waals surface area contributed by atoms with Gasteiger partial charge in [0.2, 0.25) is 0 Å². The molecule has 19 heavy (non-hydrogen) atoms. The van der Waals surface area contributed by atoms with Gasteiger partial charge in [0, 0.05) is 6.04 Å². The Bertz CT molecular complexity index is 423. The van der Waals surface area contributed by atoms with E-state index >= 15 is 0 Å². The fraction of sp³-hybridized carbons (Fsp3) is 0.562. The van der Waals surface area contributed by atoms with Gasteiger partial charge in [0.25, 0.3) is 0 Å². The third-order valence-corrected chi connectivity index (χ3v) is 3.33. The summed E-state index contributed by atoms with van der Waals surface area (Å²) in [6.45, 7) is 10.2. The summed E-state index contributed by atoms with van der Waals surface area (Å²) in [7, 11) is 1.42. The average molecular weight is 263 g/mol. The summed E-state index contributed by atoms with van der Waals surface area (Å²) in [6.07, 6.45) is 0. The van der Waals surface area contributed by atoms with E-state index in [-0.39, 0.29) is 12.0 Å². The maximum absolute atomic E-state index is 12.1. The number of methoxy groups -OCH3 is 1. The molecule has 0 aliphatic carbocycles. The monoisotopic (exact) mass is 263 g/mol. The first-order valence-corrected chi connectivity index (χ1v) is 6.77. The van der Waals surface area contributed by atoms with Crippen LogP contribution in [0.4, 0.5) is 0 Å². The molecule has 0 radical (unpaired) electrons. The van der Waals surface area contributed by atoms with E-state index in [2.05, 4.69) is 31.3 Å². The van der Waals surface area contributed by atoms with Gasteiger partial charge in [0.05, 0.1) is 7.11 Å². The van der Waals surface area contributed by atoms with Crippen molar-refractivity contribution in [3.8, 4) is 0 Å². The molecule has 0 heterocycles. The Morgan fingerprint density at radius 2 is 1.68 bits per heavy atom. The Morgan fingerprint density at radius 1 is 1.16 bits per heavy atom. The lowest BCUT2D eigenvalue weighted by atomic mass is 9.89. The van der Waals surface area contributed by atoms with Crippen molar-refractivity contribution in [3.63, 3.8) is 0 Å². The van der Waals surface area contributed by atoms with Crippen LogP contribution in [0.25, 0.3) is 0 Å². The molecule has 1 aromatic rings. The van der Waals surface area contributed by atoms with Crippen molar-refractivity contribution in [3.05, 3.63) is 35.4 Å². The first kappa shape index (κ1) is 15.7. The zero-order chi connectivity index (χ0) is 14.6. The lowest BCUT2D eigenvalue weighted by Crippen LogP contribution is -2.50. The fourth-order valence-corrected chi connectivity index (χ4v) is 2.24. The second-order valence-electron chi connectivity index (χ2n) is 5.69. The van der Waals surface area contributed by atoms with Crippen molar-refractivity contribution in [1.82, 2.24) is 5.32 Å². The quantitative estimate of drug-likeness (QED) is 0.829. The van der Waals surface area contributed by atoms with Crippen LogP contribution in [-0.2, 0) is 15.1 Å². The highest BCUT2D eigenvalue weighted by Crippen LogP contribution is 2.25. The van der Waals surface area contributed by atoms with Gasteiger partial charge in [-0.05, 0) is 37.8 Å². The number of nitrogens with one attached hydrogen (secondary N) is 1. The highest BCUT2D eigenvalue weighted by atomic mass is 16.5. The van der Waals surface area contributed by atoms with E-state index in [0.29, 0.717) is 5.92 Å². The van der Waals surface area contributed by atoms with Gasteiger partial charge in [-0.2, -0.15) is 0 Å². The van der Waals surface area contributed by atoms with Gasteiger partial charge in [-0.3, -0.25) is 5.32 Å². The number of carbonyl (C=O) groups excluding carboxylic acids is 1. The zero-order valence-corrected chi connectivity index (χ0v) is 12.8. The van der Waals surface area contributed by atoms with Gasteiger partial charge in [0.15, 0.2) is 0 Å². The molecule has 1 unspecified atom stereocenters. The molecule has 106 valence electrons. The Kier molecular flexibility index (Phi) is 5.12. The maximum Gasteiger partial charge on any atom is 0.330 e. The molecule has 0 saturated carbocycles. The largest absolute Gasteiger partial charge is 0.467 e. The number of rotatable bonds is 5. The highest BCUT2D eigenvalue weighted by Gasteiger charge is 2.36. The van der Waals surface area contributed by atoms with E-state index in [1.165, 1.54) is 12.7 Å². The van der Waals surface area contributed by atoms with Crippen molar-refractivity contribution < 1.29 is 9.53 Å². The summed E-state index contributed by atoms with van der Waals surface area (Å²) in [6, 6.07) is 8.34. The molecule has 1 rings (SSSR count). The van der Waals surface area contributed by atoms with Gasteiger partial charge >= 0.3 is 5.97 Å². The van der Waals surface area contributed by atoms with Crippen molar-refractivity contribution in [2.75, 3.05) is 7.11 Å². The predicted octanol–water partition coefficient (Wildman–Crippen LogP) is 3.20. The minimum Gasteiger partial charge on any atom is -0.467 e. The number of hydrogen-bond acceptors (Lipinski definition) is 3. The minimum atomic E-state index is -0.807. The van der Waals surface area contributed by atoms with Crippen molar-refractivity contribution in [2.24, 2.45) is 0 Å². The third kappa shape index (κ3) is 3.57. The minimum absolute atomic E-state index is 0.189. The van der Waals surface area contributed by atoms with Crippen LogP contribution in [0.1, 0.15) is 51.7 Å². The molecular weight excluding hydrogens is 238 g/mol. The summed E-state index contributed by atoms with van der Waals surface area (Å²) in [4.78, 5) is 12.1. The molecule has 0 fully saturated rings. The van der Waals surface area contributed by atoms with Crippen LogP contribution in [0.15, 0.2) is 24.3 Å². The van der Waals surface area contributed by atoms with Gasteiger partial charge in [-0.1, -0.05) is 38.1 Å². The van der Waals surface area contributed by atoms with E-state index in [9.17, 15) is 4.79 Å². The Morgan fingerprint density at radius 3 is 2.05 bits per heavy atom. The number of ether oxygens (including phenoxy) is 1. The molecule has 1 aromatic carbocycles. The van der Waals surface area contributed by atoms with Crippen LogP contribution in [0.3, 0.4) is 0 Å². The van der Waals surface area contributed by atoms with Gasteiger partial charge in [0.1, 0.15) is 5.54 Å². The van der Waals surface area contributed by atoms with Gasteiger partial charge in [-0.25, -0.2) is 4.79 Å². The lowest BCUT2D eigenvalue weighted by Gasteiger charge is -2.31.